The second kappa shape index (κ2) is 5.83. The summed E-state index contributed by atoms with van der Waals surface area (Å²) in [7, 11) is 0. The van der Waals surface area contributed by atoms with E-state index in [1.807, 2.05) is 33.6 Å². The van der Waals surface area contributed by atoms with Crippen LogP contribution in [0.5, 0.6) is 0 Å². The lowest BCUT2D eigenvalue weighted by atomic mass is 10.1. The van der Waals surface area contributed by atoms with Crippen LogP contribution in [0.4, 0.5) is 5.69 Å². The molecule has 1 atom stereocenters. The van der Waals surface area contributed by atoms with Crippen molar-refractivity contribution in [1.29, 1.82) is 0 Å². The Morgan fingerprint density at radius 1 is 1.53 bits per heavy atom. The zero-order valence-electron chi connectivity index (χ0n) is 10.1. The molecule has 2 rings (SSSR count). The molecule has 1 fully saturated rings. The predicted molar refractivity (Wildman–Crippen MR) is 76.9 cm³/mol. The minimum atomic E-state index is -0.822. The molecule has 7 heteroatoms. The van der Waals surface area contributed by atoms with Crippen molar-refractivity contribution in [3.8, 4) is 0 Å². The van der Waals surface area contributed by atoms with Gasteiger partial charge in [-0.15, -0.1) is 0 Å². The number of aliphatic carboxylic acids is 1. The van der Waals surface area contributed by atoms with Crippen molar-refractivity contribution in [1.82, 2.24) is 4.90 Å². The first-order valence-corrected chi connectivity index (χ1v) is 6.96. The van der Waals surface area contributed by atoms with Crippen LogP contribution in [0.15, 0.2) is 18.2 Å². The second-order valence-corrected chi connectivity index (χ2v) is 5.79. The number of nitro benzene ring substituents is 1. The molecule has 1 aliphatic rings. The normalized spacial score (nSPS) is 19.5. The van der Waals surface area contributed by atoms with E-state index in [0.29, 0.717) is 13.0 Å². The number of hydrogen-bond donors (Lipinski definition) is 1. The molecule has 0 bridgehead atoms. The minimum Gasteiger partial charge on any atom is -0.480 e. The van der Waals surface area contributed by atoms with Crippen LogP contribution in [0.2, 0.25) is 0 Å². The predicted octanol–water partition coefficient (Wildman–Crippen LogP) is 2.25. The van der Waals surface area contributed by atoms with Gasteiger partial charge in [0.05, 0.1) is 4.92 Å². The maximum atomic E-state index is 11.1. The average molecular weight is 376 g/mol. The van der Waals surface area contributed by atoms with E-state index in [4.69, 9.17) is 5.11 Å². The number of benzene rings is 1. The van der Waals surface area contributed by atoms with Gasteiger partial charge in [0.1, 0.15) is 6.04 Å². The van der Waals surface area contributed by atoms with Gasteiger partial charge in [0.15, 0.2) is 0 Å². The fourth-order valence-corrected chi connectivity index (χ4v) is 3.08. The van der Waals surface area contributed by atoms with Gasteiger partial charge in [-0.25, -0.2) is 0 Å². The number of nitrogens with zero attached hydrogens (tertiary/aromatic N) is 2. The van der Waals surface area contributed by atoms with E-state index in [-0.39, 0.29) is 5.69 Å². The summed E-state index contributed by atoms with van der Waals surface area (Å²) in [6, 6.07) is 4.39. The smallest absolute Gasteiger partial charge is 0.320 e. The monoisotopic (exact) mass is 376 g/mol. The van der Waals surface area contributed by atoms with E-state index in [0.717, 1.165) is 22.1 Å². The van der Waals surface area contributed by atoms with Crippen LogP contribution in [0.25, 0.3) is 0 Å². The van der Waals surface area contributed by atoms with Crippen molar-refractivity contribution in [3.05, 3.63) is 37.4 Å². The number of carboxylic acids is 1. The molecule has 1 saturated heterocycles. The maximum absolute atomic E-state index is 11.1. The van der Waals surface area contributed by atoms with Crippen molar-refractivity contribution in [2.24, 2.45) is 0 Å². The Kier molecular flexibility index (Phi) is 4.35. The molecular formula is C12H13IN2O4. The lowest BCUT2D eigenvalue weighted by Gasteiger charge is -2.20. The molecular weight excluding hydrogens is 363 g/mol. The third-order valence-electron chi connectivity index (χ3n) is 3.19. The minimum absolute atomic E-state index is 0.0490. The van der Waals surface area contributed by atoms with E-state index in [1.54, 1.807) is 0 Å². The van der Waals surface area contributed by atoms with Crippen LogP contribution >= 0.6 is 22.6 Å². The van der Waals surface area contributed by atoms with Crippen LogP contribution in [-0.2, 0) is 11.3 Å². The number of rotatable bonds is 4. The molecule has 1 aliphatic heterocycles. The Labute approximate surface area is 123 Å². The number of non-ortho nitro benzene ring substituents is 1. The molecule has 6 nitrogen and oxygen atoms in total. The fourth-order valence-electron chi connectivity index (χ4n) is 2.36. The molecule has 1 aromatic carbocycles. The van der Waals surface area contributed by atoms with Gasteiger partial charge >= 0.3 is 5.97 Å². The molecule has 102 valence electrons. The number of likely N-dealkylation sites (tertiary alicyclic amines) is 1. The highest BCUT2D eigenvalue weighted by Gasteiger charge is 2.30. The molecule has 1 heterocycles. The number of nitro groups is 1. The quantitative estimate of drug-likeness (QED) is 0.495. The molecule has 19 heavy (non-hydrogen) atoms. The van der Waals surface area contributed by atoms with Gasteiger partial charge in [0.25, 0.3) is 5.69 Å². The van der Waals surface area contributed by atoms with Gasteiger partial charge in [0, 0.05) is 22.2 Å². The highest BCUT2D eigenvalue weighted by Crippen LogP contribution is 2.24. The Balaban J connectivity index is 2.19. The Hall–Kier alpha value is -1.22. The van der Waals surface area contributed by atoms with Crippen molar-refractivity contribution in [2.75, 3.05) is 6.54 Å². The van der Waals surface area contributed by atoms with Gasteiger partial charge in [0.2, 0.25) is 0 Å². The maximum Gasteiger partial charge on any atom is 0.320 e. The van der Waals surface area contributed by atoms with Gasteiger partial charge < -0.3 is 5.11 Å². The van der Waals surface area contributed by atoms with Gasteiger partial charge in [-0.3, -0.25) is 19.8 Å². The third kappa shape index (κ3) is 3.41. The largest absolute Gasteiger partial charge is 0.480 e. The molecule has 0 amide bonds. The van der Waals surface area contributed by atoms with Crippen LogP contribution in [0.3, 0.4) is 0 Å². The van der Waals surface area contributed by atoms with Gasteiger partial charge in [-0.05, 0) is 53.6 Å². The summed E-state index contributed by atoms with van der Waals surface area (Å²) >= 11 is 2.03. The average Bonchev–Trinajstić information content (AvgIpc) is 2.76. The van der Waals surface area contributed by atoms with Crippen LogP contribution < -0.4 is 0 Å². The van der Waals surface area contributed by atoms with Crippen LogP contribution in [-0.4, -0.2) is 33.5 Å². The number of carbonyl (C=O) groups is 1. The Morgan fingerprint density at radius 2 is 2.26 bits per heavy atom. The van der Waals surface area contributed by atoms with Gasteiger partial charge in [-0.2, -0.15) is 0 Å². The first-order chi connectivity index (χ1) is 8.97. The third-order valence-corrected chi connectivity index (χ3v) is 3.81. The summed E-state index contributed by atoms with van der Waals surface area (Å²) in [6.45, 7) is 1.16. The standard InChI is InChI=1S/C12H13IN2O4/c13-9-4-8(5-10(6-9)15(18)19)7-14-3-1-2-11(14)12(16)17/h4-6,11H,1-3,7H2,(H,16,17). The molecule has 0 aromatic heterocycles. The van der Waals surface area contributed by atoms with Crippen molar-refractivity contribution < 1.29 is 14.8 Å². The number of carboxylic acid groups (broad SMARTS) is 1. The zero-order chi connectivity index (χ0) is 14.0. The topological polar surface area (TPSA) is 83.7 Å². The SMILES string of the molecule is O=C(O)C1CCCN1Cc1cc(I)cc([N+](=O)[O-])c1. The molecule has 0 radical (unpaired) electrons. The first-order valence-electron chi connectivity index (χ1n) is 5.88. The fraction of sp³-hybridized carbons (Fsp3) is 0.417. The highest BCUT2D eigenvalue weighted by atomic mass is 127. The number of halogens is 1. The lowest BCUT2D eigenvalue weighted by molar-refractivity contribution is -0.385. The summed E-state index contributed by atoms with van der Waals surface area (Å²) < 4.78 is 0.785. The van der Waals surface area contributed by atoms with E-state index in [9.17, 15) is 14.9 Å². The van der Waals surface area contributed by atoms with E-state index < -0.39 is 16.9 Å². The van der Waals surface area contributed by atoms with E-state index in [2.05, 4.69) is 0 Å². The summed E-state index contributed by atoms with van der Waals surface area (Å²) in [5.74, 6) is -0.822. The summed E-state index contributed by atoms with van der Waals surface area (Å²) in [5.41, 5.74) is 0.833. The van der Waals surface area contributed by atoms with Gasteiger partial charge in [-0.1, -0.05) is 0 Å². The summed E-state index contributed by atoms with van der Waals surface area (Å²) in [4.78, 5) is 23.3. The van der Waals surface area contributed by atoms with Crippen LogP contribution in [0.1, 0.15) is 18.4 Å². The van der Waals surface area contributed by atoms with E-state index in [1.165, 1.54) is 12.1 Å². The van der Waals surface area contributed by atoms with Crippen molar-refractivity contribution in [2.45, 2.75) is 25.4 Å². The Morgan fingerprint density at radius 3 is 2.89 bits per heavy atom. The molecule has 1 N–H and O–H groups in total. The van der Waals surface area contributed by atoms with Crippen LogP contribution in [0, 0.1) is 13.7 Å². The molecule has 1 aromatic rings. The highest BCUT2D eigenvalue weighted by molar-refractivity contribution is 14.1. The lowest BCUT2D eigenvalue weighted by Crippen LogP contribution is -2.35. The second-order valence-electron chi connectivity index (χ2n) is 4.54. The number of hydrogen-bond acceptors (Lipinski definition) is 4. The first kappa shape index (κ1) is 14.2. The molecule has 0 spiro atoms. The Bertz CT molecular complexity index is 520. The van der Waals surface area contributed by atoms with E-state index >= 15 is 0 Å². The van der Waals surface area contributed by atoms with Crippen molar-refractivity contribution in [3.63, 3.8) is 0 Å². The molecule has 1 unspecified atom stereocenters. The van der Waals surface area contributed by atoms with Crippen molar-refractivity contribution >= 4 is 34.2 Å². The zero-order valence-corrected chi connectivity index (χ0v) is 12.2. The molecule has 0 saturated carbocycles. The molecule has 0 aliphatic carbocycles. The summed E-state index contributed by atoms with van der Waals surface area (Å²) in [6.07, 6.45) is 1.49. The summed E-state index contributed by atoms with van der Waals surface area (Å²) in [5, 5.41) is 19.9.